The van der Waals surface area contributed by atoms with Crippen molar-refractivity contribution in [3.63, 3.8) is 0 Å². The first kappa shape index (κ1) is 15.8. The zero-order valence-electron chi connectivity index (χ0n) is 13.8. The van der Waals surface area contributed by atoms with E-state index in [9.17, 15) is 4.79 Å². The van der Waals surface area contributed by atoms with Crippen LogP contribution in [0.5, 0.6) is 0 Å². The van der Waals surface area contributed by atoms with Gasteiger partial charge in [0.25, 0.3) is 0 Å². The number of hydrogen-bond donors (Lipinski definition) is 2. The fourth-order valence-electron chi connectivity index (χ4n) is 2.53. The van der Waals surface area contributed by atoms with Crippen LogP contribution in [0.3, 0.4) is 0 Å². The van der Waals surface area contributed by atoms with E-state index in [1.165, 1.54) is 24.2 Å². The van der Waals surface area contributed by atoms with Crippen LogP contribution in [0.2, 0.25) is 0 Å². The number of benzene rings is 1. The van der Waals surface area contributed by atoms with Crippen LogP contribution in [0.15, 0.2) is 36.4 Å². The van der Waals surface area contributed by atoms with Gasteiger partial charge in [-0.1, -0.05) is 41.7 Å². The summed E-state index contributed by atoms with van der Waals surface area (Å²) in [4.78, 5) is 13.9. The molecule has 3 aromatic rings. The Balaban J connectivity index is 1.36. The zero-order valence-corrected chi connectivity index (χ0v) is 14.6. The van der Waals surface area contributed by atoms with E-state index in [1.54, 1.807) is 11.9 Å². The molecule has 1 fully saturated rings. The van der Waals surface area contributed by atoms with Crippen molar-refractivity contribution in [1.82, 2.24) is 25.3 Å². The van der Waals surface area contributed by atoms with Gasteiger partial charge in [0.15, 0.2) is 0 Å². The van der Waals surface area contributed by atoms with Gasteiger partial charge in [-0.2, -0.15) is 5.10 Å². The van der Waals surface area contributed by atoms with Gasteiger partial charge in [0.05, 0.1) is 17.9 Å². The summed E-state index contributed by atoms with van der Waals surface area (Å²) in [5.41, 5.74) is 3.01. The Bertz CT molecular complexity index is 870. The first-order chi connectivity index (χ1) is 12.2. The van der Waals surface area contributed by atoms with E-state index in [4.69, 9.17) is 0 Å². The van der Waals surface area contributed by atoms with Crippen LogP contribution in [-0.4, -0.2) is 38.4 Å². The number of carbonyl (C=O) groups excluding carboxylic acids is 1. The van der Waals surface area contributed by atoms with Crippen molar-refractivity contribution in [3.8, 4) is 10.6 Å². The molecule has 8 heteroatoms. The molecule has 0 atom stereocenters. The number of aromatic nitrogens is 4. The molecule has 128 valence electrons. The van der Waals surface area contributed by atoms with Crippen LogP contribution in [0.4, 0.5) is 9.93 Å². The predicted octanol–water partition coefficient (Wildman–Crippen LogP) is 3.47. The molecule has 0 aliphatic heterocycles. The summed E-state index contributed by atoms with van der Waals surface area (Å²) < 4.78 is 0. The molecule has 2 aromatic heterocycles. The maximum absolute atomic E-state index is 12.3. The number of rotatable bonds is 5. The van der Waals surface area contributed by atoms with Crippen molar-refractivity contribution in [1.29, 1.82) is 0 Å². The molecule has 0 bridgehead atoms. The average Bonchev–Trinajstić information content (AvgIpc) is 3.20. The molecule has 2 N–H and O–H groups in total. The van der Waals surface area contributed by atoms with Gasteiger partial charge < -0.3 is 4.90 Å². The Hall–Kier alpha value is -2.74. The highest BCUT2D eigenvalue weighted by molar-refractivity contribution is 7.18. The molecule has 0 spiro atoms. The molecule has 2 heterocycles. The van der Waals surface area contributed by atoms with Crippen LogP contribution in [0.1, 0.15) is 30.1 Å². The normalized spacial score (nSPS) is 13.6. The molecule has 1 aliphatic rings. The lowest BCUT2D eigenvalue weighted by Crippen LogP contribution is -2.30. The quantitative estimate of drug-likeness (QED) is 0.734. The standard InChI is InChI=1S/C17H18N6OS/c1-23(10-13-9-14(20-19-13)11-7-8-11)17(24)18-16-22-21-15(25-16)12-5-3-2-4-6-12/h2-6,9,11H,7-8,10H2,1H3,(H,19,20)(H,18,22,24). The smallest absolute Gasteiger partial charge is 0.322 e. The first-order valence-corrected chi connectivity index (χ1v) is 8.96. The second kappa shape index (κ2) is 6.64. The van der Waals surface area contributed by atoms with Crippen LogP contribution in [0.25, 0.3) is 10.6 Å². The summed E-state index contributed by atoms with van der Waals surface area (Å²) in [5, 5.41) is 19.5. The van der Waals surface area contributed by atoms with Crippen LogP contribution >= 0.6 is 11.3 Å². The summed E-state index contributed by atoms with van der Waals surface area (Å²) in [5.74, 6) is 0.599. The number of amides is 2. The zero-order chi connectivity index (χ0) is 17.2. The molecule has 0 saturated heterocycles. The Kier molecular flexibility index (Phi) is 4.19. The van der Waals surface area contributed by atoms with Crippen molar-refractivity contribution >= 4 is 22.5 Å². The van der Waals surface area contributed by atoms with Crippen LogP contribution in [0, 0.1) is 0 Å². The number of hydrogen-bond acceptors (Lipinski definition) is 5. The van der Waals surface area contributed by atoms with E-state index in [-0.39, 0.29) is 6.03 Å². The highest BCUT2D eigenvalue weighted by Gasteiger charge is 2.26. The molecule has 1 aromatic carbocycles. The summed E-state index contributed by atoms with van der Waals surface area (Å²) in [7, 11) is 1.74. The topological polar surface area (TPSA) is 86.8 Å². The summed E-state index contributed by atoms with van der Waals surface area (Å²) in [6.45, 7) is 0.468. The van der Waals surface area contributed by atoms with E-state index in [2.05, 4.69) is 25.7 Å². The maximum Gasteiger partial charge on any atom is 0.323 e. The van der Waals surface area contributed by atoms with Gasteiger partial charge in [-0.25, -0.2) is 4.79 Å². The van der Waals surface area contributed by atoms with Gasteiger partial charge >= 0.3 is 6.03 Å². The highest BCUT2D eigenvalue weighted by atomic mass is 32.1. The van der Waals surface area contributed by atoms with Crippen molar-refractivity contribution in [2.75, 3.05) is 12.4 Å². The van der Waals surface area contributed by atoms with Crippen LogP contribution in [-0.2, 0) is 6.54 Å². The average molecular weight is 354 g/mol. The van der Waals surface area contributed by atoms with Crippen LogP contribution < -0.4 is 5.32 Å². The van der Waals surface area contributed by atoms with E-state index in [0.29, 0.717) is 17.6 Å². The maximum atomic E-state index is 12.3. The van der Waals surface area contributed by atoms with Crippen molar-refractivity contribution in [3.05, 3.63) is 47.8 Å². The molecule has 2 amide bonds. The van der Waals surface area contributed by atoms with Crippen molar-refractivity contribution in [2.45, 2.75) is 25.3 Å². The minimum atomic E-state index is -0.224. The lowest BCUT2D eigenvalue weighted by Gasteiger charge is -2.15. The van der Waals surface area contributed by atoms with Crippen molar-refractivity contribution in [2.24, 2.45) is 0 Å². The predicted molar refractivity (Wildman–Crippen MR) is 96.4 cm³/mol. The fourth-order valence-corrected chi connectivity index (χ4v) is 3.27. The molecule has 0 radical (unpaired) electrons. The molecule has 7 nitrogen and oxygen atoms in total. The third-order valence-electron chi connectivity index (χ3n) is 4.06. The Labute approximate surface area is 149 Å². The third-order valence-corrected chi connectivity index (χ3v) is 4.95. The van der Waals surface area contributed by atoms with Gasteiger partial charge in [-0.3, -0.25) is 10.4 Å². The van der Waals surface area contributed by atoms with Gasteiger partial charge in [0.1, 0.15) is 5.01 Å². The first-order valence-electron chi connectivity index (χ1n) is 8.14. The number of aromatic amines is 1. The Morgan fingerprint density at radius 2 is 2.12 bits per heavy atom. The number of urea groups is 1. The number of nitrogens with one attached hydrogen (secondary N) is 2. The molecule has 4 rings (SSSR count). The van der Waals surface area contributed by atoms with E-state index >= 15 is 0 Å². The van der Waals surface area contributed by atoms with Gasteiger partial charge in [0.2, 0.25) is 5.13 Å². The van der Waals surface area contributed by atoms with E-state index < -0.39 is 0 Å². The summed E-state index contributed by atoms with van der Waals surface area (Å²) in [6, 6.07) is 11.6. The number of carbonyl (C=O) groups is 1. The molecule has 1 aliphatic carbocycles. The number of anilines is 1. The third kappa shape index (κ3) is 3.69. The summed E-state index contributed by atoms with van der Waals surface area (Å²) >= 11 is 1.35. The van der Waals surface area contributed by atoms with Crippen molar-refractivity contribution < 1.29 is 4.79 Å². The summed E-state index contributed by atoms with van der Waals surface area (Å²) in [6.07, 6.45) is 2.42. The monoisotopic (exact) mass is 354 g/mol. The van der Waals surface area contributed by atoms with E-state index in [0.717, 1.165) is 22.0 Å². The minimum absolute atomic E-state index is 0.224. The molecular weight excluding hydrogens is 336 g/mol. The largest absolute Gasteiger partial charge is 0.323 e. The highest BCUT2D eigenvalue weighted by Crippen LogP contribution is 2.39. The van der Waals surface area contributed by atoms with Gasteiger partial charge in [0, 0.05) is 18.5 Å². The number of H-pyrrole nitrogens is 1. The lowest BCUT2D eigenvalue weighted by molar-refractivity contribution is 0.220. The lowest BCUT2D eigenvalue weighted by atomic mass is 10.2. The van der Waals surface area contributed by atoms with Gasteiger partial charge in [-0.05, 0) is 18.9 Å². The minimum Gasteiger partial charge on any atom is -0.322 e. The second-order valence-electron chi connectivity index (χ2n) is 6.16. The second-order valence-corrected chi connectivity index (χ2v) is 7.13. The molecule has 25 heavy (non-hydrogen) atoms. The Morgan fingerprint density at radius 3 is 2.88 bits per heavy atom. The number of nitrogens with zero attached hydrogens (tertiary/aromatic N) is 4. The molecule has 1 saturated carbocycles. The molecular formula is C17H18N6OS. The van der Waals surface area contributed by atoms with E-state index in [1.807, 2.05) is 36.4 Å². The molecule has 0 unspecified atom stereocenters. The Morgan fingerprint density at radius 1 is 1.32 bits per heavy atom. The SMILES string of the molecule is CN(Cc1cc(C2CC2)n[nH]1)C(=O)Nc1nnc(-c2ccccc2)s1. The van der Waals surface area contributed by atoms with Gasteiger partial charge in [-0.15, -0.1) is 10.2 Å². The fraction of sp³-hybridized carbons (Fsp3) is 0.294.